The van der Waals surface area contributed by atoms with Gasteiger partial charge in [-0.25, -0.2) is 9.97 Å². The summed E-state index contributed by atoms with van der Waals surface area (Å²) < 4.78 is 5.27. The lowest BCUT2D eigenvalue weighted by Gasteiger charge is -2.08. The number of aryl methyl sites for hydroxylation is 1. The van der Waals surface area contributed by atoms with Gasteiger partial charge in [0.1, 0.15) is 22.7 Å². The summed E-state index contributed by atoms with van der Waals surface area (Å²) in [6.07, 6.45) is 4.55. The van der Waals surface area contributed by atoms with E-state index < -0.39 is 0 Å². The lowest BCUT2D eigenvalue weighted by Crippen LogP contribution is -2.25. The van der Waals surface area contributed by atoms with Crippen LogP contribution in [-0.2, 0) is 6.42 Å². The Bertz CT molecular complexity index is 981. The third-order valence-electron chi connectivity index (χ3n) is 4.69. The number of rotatable bonds is 7. The smallest absolute Gasteiger partial charge is 0.261 e. The fourth-order valence-corrected chi connectivity index (χ4v) is 4.11. The predicted molar refractivity (Wildman–Crippen MR) is 108 cm³/mol. The van der Waals surface area contributed by atoms with Gasteiger partial charge in [-0.2, -0.15) is 0 Å². The van der Waals surface area contributed by atoms with Crippen molar-refractivity contribution in [1.29, 1.82) is 0 Å². The molecule has 1 fully saturated rings. The van der Waals surface area contributed by atoms with Crippen LogP contribution >= 0.6 is 11.3 Å². The summed E-state index contributed by atoms with van der Waals surface area (Å²) in [6, 6.07) is 8.38. The summed E-state index contributed by atoms with van der Waals surface area (Å²) in [4.78, 5) is 22.8. The summed E-state index contributed by atoms with van der Waals surface area (Å²) in [5.41, 5.74) is 2.14. The van der Waals surface area contributed by atoms with Gasteiger partial charge in [0.05, 0.1) is 17.4 Å². The van der Waals surface area contributed by atoms with Crippen molar-refractivity contribution in [2.24, 2.45) is 0 Å². The third kappa shape index (κ3) is 3.88. The molecule has 0 radical (unpaired) electrons. The Morgan fingerprint density at radius 3 is 2.96 bits per heavy atom. The molecule has 1 aliphatic rings. The molecule has 6 nitrogen and oxygen atoms in total. The van der Waals surface area contributed by atoms with Crippen molar-refractivity contribution >= 4 is 33.3 Å². The standard InChI is InChI=1S/C20H22N4O2S/c1-12-16-18(21-9-8-13-4-3-5-15(10-13)26-2)22-11-23-20(16)27-17(12)19(25)24-14-6-7-14/h3-5,10-11,14H,6-9H2,1-2H3,(H,24,25)(H,21,22,23). The maximum absolute atomic E-state index is 12.5. The van der Waals surface area contributed by atoms with Gasteiger partial charge in [0.2, 0.25) is 0 Å². The molecule has 4 rings (SSSR count). The zero-order valence-corrected chi connectivity index (χ0v) is 16.2. The maximum atomic E-state index is 12.5. The SMILES string of the molecule is COc1cccc(CCNc2ncnc3sc(C(=O)NC4CC4)c(C)c23)c1. The summed E-state index contributed by atoms with van der Waals surface area (Å²) in [6.45, 7) is 2.70. The number of amides is 1. The Labute approximate surface area is 162 Å². The van der Waals surface area contributed by atoms with E-state index in [0.717, 1.165) is 58.0 Å². The summed E-state index contributed by atoms with van der Waals surface area (Å²) in [5, 5.41) is 7.40. The summed E-state index contributed by atoms with van der Waals surface area (Å²) in [5.74, 6) is 1.64. The lowest BCUT2D eigenvalue weighted by molar-refractivity contribution is 0.0954. The second-order valence-corrected chi connectivity index (χ2v) is 7.73. The number of aromatic nitrogens is 2. The normalized spacial score (nSPS) is 13.6. The minimum Gasteiger partial charge on any atom is -0.497 e. The van der Waals surface area contributed by atoms with Gasteiger partial charge in [-0.3, -0.25) is 4.79 Å². The Balaban J connectivity index is 1.51. The number of thiophene rings is 1. The van der Waals surface area contributed by atoms with Crippen LogP contribution in [0.1, 0.15) is 33.6 Å². The van der Waals surface area contributed by atoms with E-state index in [4.69, 9.17) is 4.74 Å². The third-order valence-corrected chi connectivity index (χ3v) is 5.88. The molecule has 7 heteroatoms. The fourth-order valence-electron chi connectivity index (χ4n) is 3.05. The first-order chi connectivity index (χ1) is 13.2. The average molecular weight is 382 g/mol. The molecule has 0 spiro atoms. The van der Waals surface area contributed by atoms with Crippen LogP contribution in [-0.4, -0.2) is 35.6 Å². The predicted octanol–water partition coefficient (Wildman–Crippen LogP) is 3.56. The first-order valence-electron chi connectivity index (χ1n) is 9.07. The van der Waals surface area contributed by atoms with Crippen molar-refractivity contribution in [2.45, 2.75) is 32.2 Å². The Kier molecular flexibility index (Phi) is 4.94. The number of carbonyl (C=O) groups excluding carboxylic acids is 1. The second kappa shape index (κ2) is 7.52. The van der Waals surface area contributed by atoms with Crippen LogP contribution in [0.2, 0.25) is 0 Å². The van der Waals surface area contributed by atoms with E-state index in [0.29, 0.717) is 6.04 Å². The van der Waals surface area contributed by atoms with Crippen LogP contribution in [0.4, 0.5) is 5.82 Å². The van der Waals surface area contributed by atoms with Gasteiger partial charge in [-0.15, -0.1) is 11.3 Å². The molecule has 0 saturated heterocycles. The highest BCUT2D eigenvalue weighted by molar-refractivity contribution is 7.20. The molecule has 0 unspecified atom stereocenters. The quantitative estimate of drug-likeness (QED) is 0.653. The minimum atomic E-state index is 0.000306. The van der Waals surface area contributed by atoms with Gasteiger partial charge in [0, 0.05) is 12.6 Å². The van der Waals surface area contributed by atoms with Crippen LogP contribution in [0.15, 0.2) is 30.6 Å². The largest absolute Gasteiger partial charge is 0.497 e. The van der Waals surface area contributed by atoms with Crippen molar-refractivity contribution in [3.8, 4) is 5.75 Å². The molecule has 0 aliphatic heterocycles. The summed E-state index contributed by atoms with van der Waals surface area (Å²) in [7, 11) is 1.67. The number of anilines is 1. The van der Waals surface area contributed by atoms with Crippen molar-refractivity contribution in [3.05, 3.63) is 46.6 Å². The second-order valence-electron chi connectivity index (χ2n) is 6.73. The van der Waals surface area contributed by atoms with Crippen molar-refractivity contribution in [2.75, 3.05) is 19.0 Å². The van der Waals surface area contributed by atoms with E-state index in [-0.39, 0.29) is 5.91 Å². The maximum Gasteiger partial charge on any atom is 0.261 e. The van der Waals surface area contributed by atoms with E-state index >= 15 is 0 Å². The molecular formula is C20H22N4O2S. The van der Waals surface area contributed by atoms with E-state index in [2.05, 4.69) is 26.7 Å². The molecule has 2 aromatic heterocycles. The first-order valence-corrected chi connectivity index (χ1v) is 9.89. The van der Waals surface area contributed by atoms with Crippen molar-refractivity contribution in [3.63, 3.8) is 0 Å². The molecule has 2 N–H and O–H groups in total. The number of ether oxygens (including phenoxy) is 1. The molecule has 1 aliphatic carbocycles. The van der Waals surface area contributed by atoms with Crippen LogP contribution in [0.5, 0.6) is 5.75 Å². The topological polar surface area (TPSA) is 76.1 Å². The number of carbonyl (C=O) groups is 1. The van der Waals surface area contributed by atoms with Gasteiger partial charge < -0.3 is 15.4 Å². The zero-order valence-electron chi connectivity index (χ0n) is 15.4. The molecule has 0 bridgehead atoms. The van der Waals surface area contributed by atoms with E-state index in [9.17, 15) is 4.79 Å². The summed E-state index contributed by atoms with van der Waals surface area (Å²) >= 11 is 1.43. The molecule has 0 atom stereocenters. The number of methoxy groups -OCH3 is 1. The minimum absolute atomic E-state index is 0.000306. The van der Waals surface area contributed by atoms with Crippen LogP contribution in [0, 0.1) is 6.92 Å². The molecule has 27 heavy (non-hydrogen) atoms. The number of nitrogens with one attached hydrogen (secondary N) is 2. The van der Waals surface area contributed by atoms with Gasteiger partial charge >= 0.3 is 0 Å². The van der Waals surface area contributed by atoms with Crippen molar-refractivity contribution < 1.29 is 9.53 Å². The van der Waals surface area contributed by atoms with Crippen LogP contribution < -0.4 is 15.4 Å². The highest BCUT2D eigenvalue weighted by Crippen LogP contribution is 2.33. The number of hydrogen-bond donors (Lipinski definition) is 2. The van der Waals surface area contributed by atoms with Crippen LogP contribution in [0.25, 0.3) is 10.2 Å². The van der Waals surface area contributed by atoms with Gasteiger partial charge in [-0.05, 0) is 49.4 Å². The molecule has 2 heterocycles. The Morgan fingerprint density at radius 2 is 2.19 bits per heavy atom. The lowest BCUT2D eigenvalue weighted by atomic mass is 10.1. The molecule has 3 aromatic rings. The van der Waals surface area contributed by atoms with Crippen LogP contribution in [0.3, 0.4) is 0 Å². The number of nitrogens with zero attached hydrogens (tertiary/aromatic N) is 2. The Hall–Kier alpha value is -2.67. The number of hydrogen-bond acceptors (Lipinski definition) is 6. The highest BCUT2D eigenvalue weighted by atomic mass is 32.1. The average Bonchev–Trinajstić information content (AvgIpc) is 3.43. The molecule has 1 amide bonds. The van der Waals surface area contributed by atoms with Gasteiger partial charge in [0.25, 0.3) is 5.91 Å². The Morgan fingerprint density at radius 1 is 1.33 bits per heavy atom. The highest BCUT2D eigenvalue weighted by Gasteiger charge is 2.26. The van der Waals surface area contributed by atoms with E-state index in [1.54, 1.807) is 13.4 Å². The number of benzene rings is 1. The number of fused-ring (bicyclic) bond motifs is 1. The van der Waals surface area contributed by atoms with E-state index in [1.807, 2.05) is 25.1 Å². The molecular weight excluding hydrogens is 360 g/mol. The molecule has 140 valence electrons. The van der Waals surface area contributed by atoms with E-state index in [1.165, 1.54) is 16.9 Å². The molecule has 1 aromatic carbocycles. The first kappa shape index (κ1) is 17.7. The van der Waals surface area contributed by atoms with Gasteiger partial charge in [0.15, 0.2) is 0 Å². The zero-order chi connectivity index (χ0) is 18.8. The fraction of sp³-hybridized carbons (Fsp3) is 0.350. The molecule has 1 saturated carbocycles. The van der Waals surface area contributed by atoms with Gasteiger partial charge in [-0.1, -0.05) is 12.1 Å². The monoisotopic (exact) mass is 382 g/mol. The van der Waals surface area contributed by atoms with Crippen molar-refractivity contribution in [1.82, 2.24) is 15.3 Å².